The lowest BCUT2D eigenvalue weighted by molar-refractivity contribution is -0.126. The van der Waals surface area contributed by atoms with Gasteiger partial charge >= 0.3 is 0 Å². The number of benzene rings is 3. The third-order valence-electron chi connectivity index (χ3n) is 5.74. The third-order valence-corrected chi connectivity index (χ3v) is 5.74. The standard InChI is InChI=1S/C25H21FN2O4/c1-2-31-20-14-12-18(13-15-20)27-24(29)21-22(16-8-10-17(26)11-9-16)28(32-23(21)25(27)30)19-6-4-3-5-7-19/h3-15,21-23H,2H2,1H3/t21-,22-,23+/m0/s1. The number of amides is 2. The van der Waals surface area contributed by atoms with Crippen LogP contribution in [0.5, 0.6) is 5.75 Å². The van der Waals surface area contributed by atoms with Crippen molar-refractivity contribution < 1.29 is 23.6 Å². The molecule has 7 heteroatoms. The van der Waals surface area contributed by atoms with Crippen LogP contribution >= 0.6 is 0 Å². The van der Waals surface area contributed by atoms with E-state index in [-0.39, 0.29) is 11.7 Å². The van der Waals surface area contributed by atoms with Crippen LogP contribution in [0.3, 0.4) is 0 Å². The van der Waals surface area contributed by atoms with E-state index in [1.54, 1.807) is 41.5 Å². The summed E-state index contributed by atoms with van der Waals surface area (Å²) in [5, 5.41) is 1.59. The summed E-state index contributed by atoms with van der Waals surface area (Å²) in [6, 6.07) is 21.4. The van der Waals surface area contributed by atoms with E-state index in [0.717, 1.165) is 0 Å². The molecule has 0 saturated carbocycles. The van der Waals surface area contributed by atoms with Crippen molar-refractivity contribution in [3.05, 3.63) is 90.2 Å². The Morgan fingerprint density at radius 3 is 2.22 bits per heavy atom. The van der Waals surface area contributed by atoms with Crippen LogP contribution in [0.2, 0.25) is 0 Å². The van der Waals surface area contributed by atoms with Crippen molar-refractivity contribution in [3.63, 3.8) is 0 Å². The first-order chi connectivity index (χ1) is 15.6. The molecule has 2 aliphatic rings. The molecular formula is C25H21FN2O4. The van der Waals surface area contributed by atoms with E-state index < -0.39 is 24.0 Å². The van der Waals surface area contributed by atoms with E-state index in [4.69, 9.17) is 9.57 Å². The molecule has 0 N–H and O–H groups in total. The molecule has 0 aromatic heterocycles. The Bertz CT molecular complexity index is 1130. The summed E-state index contributed by atoms with van der Waals surface area (Å²) >= 11 is 0. The van der Waals surface area contributed by atoms with Gasteiger partial charge in [-0.3, -0.25) is 14.4 Å². The average Bonchev–Trinajstić information content (AvgIpc) is 3.32. The van der Waals surface area contributed by atoms with Crippen molar-refractivity contribution >= 4 is 23.2 Å². The average molecular weight is 432 g/mol. The molecule has 6 nitrogen and oxygen atoms in total. The van der Waals surface area contributed by atoms with Gasteiger partial charge < -0.3 is 4.74 Å². The van der Waals surface area contributed by atoms with Crippen molar-refractivity contribution in [1.82, 2.24) is 0 Å². The first kappa shape index (κ1) is 20.2. The van der Waals surface area contributed by atoms with Crippen LogP contribution in [0.4, 0.5) is 15.8 Å². The topological polar surface area (TPSA) is 59.1 Å². The lowest BCUT2D eigenvalue weighted by Gasteiger charge is -2.28. The van der Waals surface area contributed by atoms with Gasteiger partial charge in [-0.15, -0.1) is 0 Å². The summed E-state index contributed by atoms with van der Waals surface area (Å²) in [5.41, 5.74) is 1.87. The van der Waals surface area contributed by atoms with Gasteiger partial charge in [0.2, 0.25) is 5.91 Å². The van der Waals surface area contributed by atoms with Gasteiger partial charge in [-0.2, -0.15) is 0 Å². The molecule has 2 heterocycles. The van der Waals surface area contributed by atoms with Crippen molar-refractivity contribution in [2.75, 3.05) is 16.6 Å². The SMILES string of the molecule is CCOc1ccc(N2C(=O)[C@@H]3[C@@H](ON(c4ccccc4)[C@H]3c3ccc(F)cc3)C2=O)cc1. The summed E-state index contributed by atoms with van der Waals surface area (Å²) in [5.74, 6) is -1.25. The number of carbonyl (C=O) groups excluding carboxylic acids is 2. The zero-order chi connectivity index (χ0) is 22.2. The second kappa shape index (κ2) is 8.09. The van der Waals surface area contributed by atoms with Gasteiger partial charge in [0.1, 0.15) is 17.5 Å². The van der Waals surface area contributed by atoms with Gasteiger partial charge in [-0.05, 0) is 61.0 Å². The molecule has 0 radical (unpaired) electrons. The molecule has 2 fully saturated rings. The monoisotopic (exact) mass is 432 g/mol. The number of anilines is 2. The van der Waals surface area contributed by atoms with E-state index in [1.165, 1.54) is 17.0 Å². The number of fused-ring (bicyclic) bond motifs is 1. The Morgan fingerprint density at radius 2 is 1.56 bits per heavy atom. The number of halogens is 1. The van der Waals surface area contributed by atoms with E-state index in [2.05, 4.69) is 0 Å². The fourth-order valence-corrected chi connectivity index (χ4v) is 4.32. The Hall–Kier alpha value is -3.71. The Balaban J connectivity index is 1.53. The van der Waals surface area contributed by atoms with Gasteiger partial charge in [-0.25, -0.2) is 14.4 Å². The Kier molecular flexibility index (Phi) is 5.11. The molecule has 32 heavy (non-hydrogen) atoms. The molecule has 3 aromatic rings. The highest BCUT2D eigenvalue weighted by Gasteiger charge is 2.60. The zero-order valence-electron chi connectivity index (χ0n) is 17.4. The summed E-state index contributed by atoms with van der Waals surface area (Å²) in [6.45, 7) is 2.40. The Morgan fingerprint density at radius 1 is 0.875 bits per heavy atom. The minimum absolute atomic E-state index is 0.350. The van der Waals surface area contributed by atoms with Crippen molar-refractivity contribution in [1.29, 1.82) is 0 Å². The Labute approximate surface area is 184 Å². The molecule has 162 valence electrons. The van der Waals surface area contributed by atoms with Gasteiger partial charge in [0.15, 0.2) is 6.10 Å². The molecule has 0 bridgehead atoms. The highest BCUT2D eigenvalue weighted by Crippen LogP contribution is 2.47. The van der Waals surface area contributed by atoms with E-state index in [1.807, 2.05) is 37.3 Å². The van der Waals surface area contributed by atoms with Crippen LogP contribution in [0, 0.1) is 11.7 Å². The largest absolute Gasteiger partial charge is 0.494 e. The molecule has 0 unspecified atom stereocenters. The van der Waals surface area contributed by atoms with Crippen molar-refractivity contribution in [3.8, 4) is 5.75 Å². The molecule has 3 aromatic carbocycles. The second-order valence-electron chi connectivity index (χ2n) is 7.65. The van der Waals surface area contributed by atoms with Crippen LogP contribution in [0.15, 0.2) is 78.9 Å². The maximum atomic E-state index is 13.6. The van der Waals surface area contributed by atoms with Crippen LogP contribution in [-0.4, -0.2) is 24.5 Å². The molecule has 2 aliphatic heterocycles. The summed E-state index contributed by atoms with van der Waals surface area (Å²) in [6.07, 6.45) is -0.968. The molecule has 5 rings (SSSR count). The number of nitrogens with zero attached hydrogens (tertiary/aromatic N) is 2. The number of ether oxygens (including phenoxy) is 1. The number of rotatable bonds is 5. The van der Waals surface area contributed by atoms with Crippen LogP contribution in [-0.2, 0) is 14.4 Å². The van der Waals surface area contributed by atoms with Crippen LogP contribution in [0.25, 0.3) is 0 Å². The molecule has 0 spiro atoms. The number of imide groups is 1. The lowest BCUT2D eigenvalue weighted by atomic mass is 9.90. The summed E-state index contributed by atoms with van der Waals surface area (Å²) in [4.78, 5) is 34.0. The first-order valence-electron chi connectivity index (χ1n) is 10.5. The number of hydroxylamine groups is 1. The number of hydrogen-bond donors (Lipinski definition) is 0. The van der Waals surface area contributed by atoms with Gasteiger partial charge in [-0.1, -0.05) is 30.3 Å². The van der Waals surface area contributed by atoms with Gasteiger partial charge in [0.25, 0.3) is 5.91 Å². The van der Waals surface area contributed by atoms with Crippen LogP contribution < -0.4 is 14.7 Å². The van der Waals surface area contributed by atoms with E-state index >= 15 is 0 Å². The molecule has 3 atom stereocenters. The fraction of sp³-hybridized carbons (Fsp3) is 0.200. The molecule has 2 saturated heterocycles. The van der Waals surface area contributed by atoms with Crippen molar-refractivity contribution in [2.24, 2.45) is 5.92 Å². The zero-order valence-corrected chi connectivity index (χ0v) is 17.4. The fourth-order valence-electron chi connectivity index (χ4n) is 4.32. The minimum atomic E-state index is -0.968. The quantitative estimate of drug-likeness (QED) is 0.564. The predicted octanol–water partition coefficient (Wildman–Crippen LogP) is 4.28. The first-order valence-corrected chi connectivity index (χ1v) is 10.5. The smallest absolute Gasteiger partial charge is 0.266 e. The number of para-hydroxylation sites is 1. The van der Waals surface area contributed by atoms with E-state index in [0.29, 0.717) is 29.3 Å². The summed E-state index contributed by atoms with van der Waals surface area (Å²) < 4.78 is 19.0. The minimum Gasteiger partial charge on any atom is -0.494 e. The van der Waals surface area contributed by atoms with Gasteiger partial charge in [0, 0.05) is 0 Å². The highest BCUT2D eigenvalue weighted by molar-refractivity contribution is 6.23. The third kappa shape index (κ3) is 3.31. The maximum absolute atomic E-state index is 13.6. The molecule has 0 aliphatic carbocycles. The predicted molar refractivity (Wildman–Crippen MR) is 117 cm³/mol. The normalized spacial score (nSPS) is 22.4. The molecular weight excluding hydrogens is 411 g/mol. The van der Waals surface area contributed by atoms with Gasteiger partial charge in [0.05, 0.1) is 24.0 Å². The van der Waals surface area contributed by atoms with Crippen molar-refractivity contribution in [2.45, 2.75) is 19.1 Å². The van der Waals surface area contributed by atoms with Crippen LogP contribution in [0.1, 0.15) is 18.5 Å². The number of carbonyl (C=O) groups is 2. The van der Waals surface area contributed by atoms with E-state index in [9.17, 15) is 14.0 Å². The highest BCUT2D eigenvalue weighted by atomic mass is 19.1. The molecule has 2 amide bonds. The second-order valence-corrected chi connectivity index (χ2v) is 7.65. The summed E-state index contributed by atoms with van der Waals surface area (Å²) in [7, 11) is 0. The lowest BCUT2D eigenvalue weighted by Crippen LogP contribution is -2.37. The number of hydrogen-bond acceptors (Lipinski definition) is 5. The maximum Gasteiger partial charge on any atom is 0.266 e.